The Balaban J connectivity index is 4.26. The summed E-state index contributed by atoms with van der Waals surface area (Å²) in [4.78, 5) is 0. The average molecular weight is 191 g/mol. The molecule has 0 aromatic rings. The van der Waals surface area contributed by atoms with Crippen LogP contribution in [-0.2, 0) is 8.85 Å². The Morgan fingerprint density at radius 1 is 0.917 bits per heavy atom. The van der Waals surface area contributed by atoms with Crippen molar-refractivity contribution in [3.63, 3.8) is 0 Å². The van der Waals surface area contributed by atoms with Crippen molar-refractivity contribution in [3.05, 3.63) is 0 Å². The molecule has 0 aliphatic carbocycles. The van der Waals surface area contributed by atoms with E-state index in [-0.39, 0.29) is 0 Å². The third-order valence-corrected chi connectivity index (χ3v) is 4.33. The zero-order valence-electron chi connectivity index (χ0n) is 9.00. The summed E-state index contributed by atoms with van der Waals surface area (Å²) in [6.45, 7) is 8.66. The van der Waals surface area contributed by atoms with Gasteiger partial charge in [-0.05, 0) is 0 Å². The lowest BCUT2D eigenvalue weighted by Gasteiger charge is -2.34. The molecule has 4 heteroatoms. The first-order valence-electron chi connectivity index (χ1n) is 4.37. The SMILES string of the molecule is CO[SiH](OC)N(C(C)C)C(C)C. The summed E-state index contributed by atoms with van der Waals surface area (Å²) < 4.78 is 13.0. The predicted molar refractivity (Wildman–Crippen MR) is 53.3 cm³/mol. The van der Waals surface area contributed by atoms with E-state index in [1.807, 2.05) is 0 Å². The zero-order valence-corrected chi connectivity index (χ0v) is 10.2. The number of hydrogen-bond donors (Lipinski definition) is 0. The van der Waals surface area contributed by atoms with Crippen molar-refractivity contribution < 1.29 is 8.85 Å². The Labute approximate surface area is 77.6 Å². The second-order valence-corrected chi connectivity index (χ2v) is 5.57. The lowest BCUT2D eigenvalue weighted by Crippen LogP contribution is -2.50. The van der Waals surface area contributed by atoms with E-state index >= 15 is 0 Å². The molecule has 0 heterocycles. The van der Waals surface area contributed by atoms with E-state index in [0.717, 1.165) is 0 Å². The van der Waals surface area contributed by atoms with Crippen LogP contribution in [0.3, 0.4) is 0 Å². The van der Waals surface area contributed by atoms with Crippen molar-refractivity contribution in [1.29, 1.82) is 0 Å². The lowest BCUT2D eigenvalue weighted by atomic mass is 10.3. The highest BCUT2D eigenvalue weighted by atomic mass is 28.3. The van der Waals surface area contributed by atoms with Crippen LogP contribution >= 0.6 is 0 Å². The molecule has 0 spiro atoms. The minimum Gasteiger partial charge on any atom is -0.388 e. The molecule has 0 saturated carbocycles. The Morgan fingerprint density at radius 2 is 1.25 bits per heavy atom. The maximum absolute atomic E-state index is 5.33. The molecule has 0 N–H and O–H groups in total. The smallest absolute Gasteiger partial charge is 0.388 e. The molecular formula is C8H21NO2Si. The van der Waals surface area contributed by atoms with E-state index < -0.39 is 9.45 Å². The van der Waals surface area contributed by atoms with Crippen LogP contribution in [0, 0.1) is 0 Å². The summed E-state index contributed by atoms with van der Waals surface area (Å²) >= 11 is 0. The predicted octanol–water partition coefficient (Wildman–Crippen LogP) is 1.12. The highest BCUT2D eigenvalue weighted by Gasteiger charge is 2.26. The summed E-state index contributed by atoms with van der Waals surface area (Å²) in [5.41, 5.74) is 0. The largest absolute Gasteiger partial charge is 0.410 e. The summed E-state index contributed by atoms with van der Waals surface area (Å²) in [7, 11) is 1.85. The molecule has 0 aromatic carbocycles. The van der Waals surface area contributed by atoms with Crippen molar-refractivity contribution in [2.24, 2.45) is 0 Å². The van der Waals surface area contributed by atoms with Crippen molar-refractivity contribution >= 4 is 9.45 Å². The quantitative estimate of drug-likeness (QED) is 0.608. The van der Waals surface area contributed by atoms with Gasteiger partial charge in [0, 0.05) is 26.3 Å². The molecule has 0 unspecified atom stereocenters. The number of nitrogens with zero attached hydrogens (tertiary/aromatic N) is 1. The molecule has 0 radical (unpaired) electrons. The fourth-order valence-corrected chi connectivity index (χ4v) is 3.08. The zero-order chi connectivity index (χ0) is 9.72. The molecule has 3 nitrogen and oxygen atoms in total. The monoisotopic (exact) mass is 191 g/mol. The Morgan fingerprint density at radius 3 is 1.33 bits per heavy atom. The fraction of sp³-hybridized carbons (Fsp3) is 1.00. The van der Waals surface area contributed by atoms with E-state index in [0.29, 0.717) is 12.1 Å². The second kappa shape index (κ2) is 5.69. The van der Waals surface area contributed by atoms with E-state index in [2.05, 4.69) is 32.3 Å². The van der Waals surface area contributed by atoms with Crippen molar-refractivity contribution in [3.8, 4) is 0 Å². The van der Waals surface area contributed by atoms with Crippen LogP contribution in [-0.4, -0.2) is 40.3 Å². The minimum absolute atomic E-state index is 0.488. The molecule has 0 aliphatic rings. The first-order valence-corrected chi connectivity index (χ1v) is 5.83. The first kappa shape index (κ1) is 12.1. The molecule has 0 atom stereocenters. The molecule has 74 valence electrons. The van der Waals surface area contributed by atoms with Crippen LogP contribution in [0.15, 0.2) is 0 Å². The van der Waals surface area contributed by atoms with Gasteiger partial charge in [0.15, 0.2) is 0 Å². The molecular weight excluding hydrogens is 170 g/mol. The van der Waals surface area contributed by atoms with Crippen LogP contribution in [0.1, 0.15) is 27.7 Å². The maximum atomic E-state index is 5.33. The topological polar surface area (TPSA) is 21.7 Å². The molecule has 0 bridgehead atoms. The Kier molecular flexibility index (Phi) is 5.74. The van der Waals surface area contributed by atoms with Crippen molar-refractivity contribution in [1.82, 2.24) is 4.57 Å². The van der Waals surface area contributed by atoms with Crippen LogP contribution in [0.5, 0.6) is 0 Å². The van der Waals surface area contributed by atoms with Gasteiger partial charge < -0.3 is 8.85 Å². The van der Waals surface area contributed by atoms with E-state index in [9.17, 15) is 0 Å². The third-order valence-electron chi connectivity index (χ3n) is 1.84. The van der Waals surface area contributed by atoms with Crippen molar-refractivity contribution in [2.45, 2.75) is 39.8 Å². The van der Waals surface area contributed by atoms with Crippen LogP contribution in [0.4, 0.5) is 0 Å². The van der Waals surface area contributed by atoms with Gasteiger partial charge in [-0.15, -0.1) is 0 Å². The lowest BCUT2D eigenvalue weighted by molar-refractivity contribution is 0.158. The summed E-state index contributed by atoms with van der Waals surface area (Å²) in [5.74, 6) is 0. The molecule has 0 aliphatic heterocycles. The maximum Gasteiger partial charge on any atom is 0.410 e. The molecule has 0 saturated heterocycles. The normalized spacial score (nSPS) is 12.5. The van der Waals surface area contributed by atoms with Gasteiger partial charge in [-0.25, -0.2) is 0 Å². The van der Waals surface area contributed by atoms with Crippen molar-refractivity contribution in [2.75, 3.05) is 14.2 Å². The van der Waals surface area contributed by atoms with E-state index in [4.69, 9.17) is 8.85 Å². The van der Waals surface area contributed by atoms with Gasteiger partial charge in [0.2, 0.25) is 0 Å². The second-order valence-electron chi connectivity index (χ2n) is 3.41. The van der Waals surface area contributed by atoms with Gasteiger partial charge in [0.05, 0.1) is 0 Å². The Bertz CT molecular complexity index is 108. The summed E-state index contributed by atoms with van der Waals surface area (Å²) in [6, 6.07) is 0.975. The molecule has 0 rings (SSSR count). The molecule has 12 heavy (non-hydrogen) atoms. The molecule has 0 aromatic heterocycles. The summed E-state index contributed by atoms with van der Waals surface area (Å²) in [5, 5.41) is 0. The van der Waals surface area contributed by atoms with Gasteiger partial charge >= 0.3 is 9.45 Å². The van der Waals surface area contributed by atoms with Crippen LogP contribution in [0.25, 0.3) is 0 Å². The minimum atomic E-state index is -1.59. The van der Waals surface area contributed by atoms with Gasteiger partial charge in [0.25, 0.3) is 0 Å². The van der Waals surface area contributed by atoms with Crippen LogP contribution in [0.2, 0.25) is 0 Å². The van der Waals surface area contributed by atoms with Gasteiger partial charge in [-0.1, -0.05) is 27.7 Å². The Hall–Kier alpha value is 0.0969. The van der Waals surface area contributed by atoms with E-state index in [1.165, 1.54) is 0 Å². The average Bonchev–Trinajstić information content (AvgIpc) is 1.98. The summed E-state index contributed by atoms with van der Waals surface area (Å²) in [6.07, 6.45) is 0. The van der Waals surface area contributed by atoms with Gasteiger partial charge in [-0.3, -0.25) is 4.57 Å². The standard InChI is InChI=1S/C8H21NO2Si/c1-7(2)9(8(3)4)12(10-5)11-6/h7-8,12H,1-6H3. The molecule has 0 fully saturated rings. The third kappa shape index (κ3) is 3.22. The van der Waals surface area contributed by atoms with Gasteiger partial charge in [-0.2, -0.15) is 0 Å². The molecule has 0 amide bonds. The van der Waals surface area contributed by atoms with E-state index in [1.54, 1.807) is 14.2 Å². The number of rotatable bonds is 5. The highest BCUT2D eigenvalue weighted by Crippen LogP contribution is 2.08. The van der Waals surface area contributed by atoms with Crippen LogP contribution < -0.4 is 0 Å². The van der Waals surface area contributed by atoms with Gasteiger partial charge in [0.1, 0.15) is 0 Å². The highest BCUT2D eigenvalue weighted by molar-refractivity contribution is 6.41. The fourth-order valence-electron chi connectivity index (χ4n) is 1.42. The number of hydrogen-bond acceptors (Lipinski definition) is 3. The first-order chi connectivity index (χ1) is 5.54.